The molecule has 0 spiro atoms. The highest BCUT2D eigenvalue weighted by molar-refractivity contribution is 6.04. The van der Waals surface area contributed by atoms with Crippen molar-refractivity contribution in [2.45, 2.75) is 46.5 Å². The quantitative estimate of drug-likeness (QED) is 0.704. The number of hydrogen-bond acceptors (Lipinski definition) is 5. The van der Waals surface area contributed by atoms with Gasteiger partial charge >= 0.3 is 0 Å². The summed E-state index contributed by atoms with van der Waals surface area (Å²) in [5, 5.41) is 5.54. The summed E-state index contributed by atoms with van der Waals surface area (Å²) in [6.45, 7) is 9.89. The van der Waals surface area contributed by atoms with Crippen molar-refractivity contribution in [2.24, 2.45) is 11.8 Å². The van der Waals surface area contributed by atoms with E-state index in [2.05, 4.69) is 34.4 Å². The zero-order chi connectivity index (χ0) is 22.3. The van der Waals surface area contributed by atoms with E-state index < -0.39 is 5.92 Å². The van der Waals surface area contributed by atoms with Gasteiger partial charge in [-0.25, -0.2) is 0 Å². The van der Waals surface area contributed by atoms with Gasteiger partial charge in [0.15, 0.2) is 0 Å². The molecule has 0 bridgehead atoms. The normalized spacial score (nSPS) is 23.2. The van der Waals surface area contributed by atoms with Gasteiger partial charge in [-0.1, -0.05) is 19.9 Å². The summed E-state index contributed by atoms with van der Waals surface area (Å²) in [5.41, 5.74) is 2.63. The maximum absolute atomic E-state index is 13.0. The zero-order valence-corrected chi connectivity index (χ0v) is 18.4. The van der Waals surface area contributed by atoms with Gasteiger partial charge < -0.3 is 15.5 Å². The molecule has 3 N–H and O–H groups in total. The summed E-state index contributed by atoms with van der Waals surface area (Å²) in [7, 11) is 0. The molecular formula is C23H29N5O3. The zero-order valence-electron chi connectivity index (χ0n) is 18.4. The van der Waals surface area contributed by atoms with Gasteiger partial charge in [-0.2, -0.15) is 4.98 Å². The minimum absolute atomic E-state index is 0.0917. The number of piperidine rings is 1. The molecule has 164 valence electrons. The van der Waals surface area contributed by atoms with Crippen molar-refractivity contribution in [3.8, 4) is 0 Å². The molecule has 1 saturated heterocycles. The first-order valence-electron chi connectivity index (χ1n) is 10.8. The molecule has 8 nitrogen and oxygen atoms in total. The van der Waals surface area contributed by atoms with E-state index in [0.29, 0.717) is 23.5 Å². The Bertz CT molecular complexity index is 1080. The average Bonchev–Trinajstić information content (AvgIpc) is 2.69. The number of fused-ring (bicyclic) bond motifs is 1. The molecular weight excluding hydrogens is 394 g/mol. The Balaban J connectivity index is 1.64. The summed E-state index contributed by atoms with van der Waals surface area (Å²) in [4.78, 5) is 47.8. The number of benzene rings is 1. The molecule has 0 aliphatic carbocycles. The van der Waals surface area contributed by atoms with Gasteiger partial charge in [0, 0.05) is 25.2 Å². The number of aromatic amines is 1. The van der Waals surface area contributed by atoms with Crippen LogP contribution in [0.5, 0.6) is 0 Å². The van der Waals surface area contributed by atoms with Gasteiger partial charge in [0.1, 0.15) is 5.82 Å². The van der Waals surface area contributed by atoms with E-state index in [-0.39, 0.29) is 35.2 Å². The van der Waals surface area contributed by atoms with E-state index in [0.717, 1.165) is 30.6 Å². The van der Waals surface area contributed by atoms with Crippen molar-refractivity contribution in [3.05, 3.63) is 45.2 Å². The predicted octanol–water partition coefficient (Wildman–Crippen LogP) is 2.93. The van der Waals surface area contributed by atoms with E-state index in [9.17, 15) is 14.4 Å². The molecule has 0 saturated carbocycles. The summed E-state index contributed by atoms with van der Waals surface area (Å²) in [6, 6.07) is 5.61. The minimum atomic E-state index is -0.894. The van der Waals surface area contributed by atoms with Gasteiger partial charge in [0.25, 0.3) is 5.56 Å². The molecule has 8 heteroatoms. The molecule has 31 heavy (non-hydrogen) atoms. The number of aryl methyl sites for hydroxylation is 2. The van der Waals surface area contributed by atoms with Crippen LogP contribution < -0.4 is 21.1 Å². The Morgan fingerprint density at radius 1 is 1.13 bits per heavy atom. The first-order valence-corrected chi connectivity index (χ1v) is 10.8. The maximum Gasteiger partial charge on any atom is 0.258 e. The number of anilines is 3. The number of carbonyl (C=O) groups excluding carboxylic acids is 2. The number of rotatable bonds is 3. The molecule has 2 aliphatic rings. The van der Waals surface area contributed by atoms with Gasteiger partial charge in [-0.05, 0) is 55.4 Å². The molecule has 1 fully saturated rings. The second-order valence-electron chi connectivity index (χ2n) is 9.10. The molecule has 0 radical (unpaired) electrons. The molecule has 3 atom stereocenters. The number of aromatic nitrogens is 2. The van der Waals surface area contributed by atoms with Gasteiger partial charge in [0.05, 0.1) is 11.5 Å². The summed E-state index contributed by atoms with van der Waals surface area (Å²) >= 11 is 0. The molecule has 4 rings (SSSR count). The highest BCUT2D eigenvalue weighted by atomic mass is 16.2. The van der Waals surface area contributed by atoms with E-state index in [4.69, 9.17) is 0 Å². The lowest BCUT2D eigenvalue weighted by molar-refractivity contribution is -0.123. The Morgan fingerprint density at radius 3 is 2.52 bits per heavy atom. The molecule has 2 aliphatic heterocycles. The highest BCUT2D eigenvalue weighted by Gasteiger charge is 2.35. The summed E-state index contributed by atoms with van der Waals surface area (Å²) in [5.74, 6) is -0.0160. The number of nitrogens with one attached hydrogen (secondary N) is 3. The predicted molar refractivity (Wildman–Crippen MR) is 121 cm³/mol. The molecule has 1 aromatic carbocycles. The first kappa shape index (κ1) is 21.1. The molecule has 2 aromatic rings. The van der Waals surface area contributed by atoms with Crippen molar-refractivity contribution in [2.75, 3.05) is 28.6 Å². The smallest absolute Gasteiger partial charge is 0.258 e. The summed E-state index contributed by atoms with van der Waals surface area (Å²) < 4.78 is 0. The highest BCUT2D eigenvalue weighted by Crippen LogP contribution is 2.31. The third-order valence-corrected chi connectivity index (χ3v) is 6.20. The van der Waals surface area contributed by atoms with Gasteiger partial charge in [0.2, 0.25) is 17.8 Å². The van der Waals surface area contributed by atoms with Gasteiger partial charge in [-0.3, -0.25) is 19.4 Å². The Kier molecular flexibility index (Phi) is 5.56. The Hall–Kier alpha value is -3.16. The molecule has 2 amide bonds. The van der Waals surface area contributed by atoms with Crippen molar-refractivity contribution in [3.63, 3.8) is 0 Å². The van der Waals surface area contributed by atoms with Crippen LogP contribution in [0.4, 0.5) is 17.5 Å². The van der Waals surface area contributed by atoms with Crippen LogP contribution in [0.25, 0.3) is 0 Å². The van der Waals surface area contributed by atoms with Crippen LogP contribution in [0.2, 0.25) is 0 Å². The van der Waals surface area contributed by atoms with Crippen molar-refractivity contribution in [1.82, 2.24) is 9.97 Å². The van der Waals surface area contributed by atoms with Crippen LogP contribution in [0, 0.1) is 25.7 Å². The fourth-order valence-corrected chi connectivity index (χ4v) is 4.62. The average molecular weight is 424 g/mol. The third-order valence-electron chi connectivity index (χ3n) is 6.20. The number of amides is 2. The fraction of sp³-hybridized carbons (Fsp3) is 0.478. The standard InChI is InChI=1S/C23H29N5O3/c1-12-7-13(2)11-28(10-12)23-26-20-19(22(31)27-23)17(9-18(29)25-20)21(30)24-16-6-5-14(3)15(4)8-16/h5-6,8,12-13,17H,7,9-11H2,1-4H3,(H,24,30)(H2,25,26,27,29,31)/t12-,13+,17-/m0/s1. The van der Waals surface area contributed by atoms with Crippen molar-refractivity contribution >= 4 is 29.3 Å². The van der Waals surface area contributed by atoms with Gasteiger partial charge in [-0.15, -0.1) is 0 Å². The van der Waals surface area contributed by atoms with Crippen molar-refractivity contribution in [1.29, 1.82) is 0 Å². The molecule has 1 aromatic heterocycles. The minimum Gasteiger partial charge on any atom is -0.342 e. The van der Waals surface area contributed by atoms with Crippen LogP contribution in [-0.2, 0) is 9.59 Å². The second kappa shape index (κ2) is 8.17. The van der Waals surface area contributed by atoms with Crippen LogP contribution in [0.15, 0.2) is 23.0 Å². The van der Waals surface area contributed by atoms with E-state index >= 15 is 0 Å². The van der Waals surface area contributed by atoms with Crippen LogP contribution >= 0.6 is 0 Å². The monoisotopic (exact) mass is 423 g/mol. The lowest BCUT2D eigenvalue weighted by Gasteiger charge is -2.35. The van der Waals surface area contributed by atoms with E-state index in [1.54, 1.807) is 0 Å². The first-order chi connectivity index (χ1) is 14.7. The Labute approximate surface area is 181 Å². The van der Waals surface area contributed by atoms with Crippen LogP contribution in [0.3, 0.4) is 0 Å². The topological polar surface area (TPSA) is 107 Å². The van der Waals surface area contributed by atoms with Crippen LogP contribution in [-0.4, -0.2) is 34.9 Å². The number of H-pyrrole nitrogens is 1. The fourth-order valence-electron chi connectivity index (χ4n) is 4.62. The second-order valence-corrected chi connectivity index (χ2v) is 9.10. The lowest BCUT2D eigenvalue weighted by atomic mass is 9.91. The lowest BCUT2D eigenvalue weighted by Crippen LogP contribution is -2.42. The van der Waals surface area contributed by atoms with Crippen LogP contribution in [0.1, 0.15) is 49.3 Å². The Morgan fingerprint density at radius 2 is 1.84 bits per heavy atom. The SMILES string of the molecule is Cc1ccc(NC(=O)[C@H]2CC(=O)Nc3nc(N4C[C@H](C)C[C@H](C)C4)[nH]c(=O)c32)cc1C. The summed E-state index contributed by atoms with van der Waals surface area (Å²) in [6.07, 6.45) is 1.04. The van der Waals surface area contributed by atoms with Crippen molar-refractivity contribution < 1.29 is 9.59 Å². The molecule has 3 heterocycles. The van der Waals surface area contributed by atoms with E-state index in [1.807, 2.05) is 36.9 Å². The third kappa shape index (κ3) is 4.33. The number of nitrogens with zero attached hydrogens (tertiary/aromatic N) is 2. The maximum atomic E-state index is 13.0. The number of carbonyl (C=O) groups is 2. The largest absolute Gasteiger partial charge is 0.342 e. The van der Waals surface area contributed by atoms with E-state index in [1.165, 1.54) is 0 Å². The molecule has 0 unspecified atom stereocenters. The number of hydrogen-bond donors (Lipinski definition) is 3.